The van der Waals surface area contributed by atoms with Crippen LogP contribution in [0.1, 0.15) is 20.3 Å². The van der Waals surface area contributed by atoms with Crippen LogP contribution in [0.25, 0.3) is 0 Å². The molecule has 3 N–H and O–H groups in total. The molecule has 0 aliphatic rings. The molecule has 0 saturated carbocycles. The van der Waals surface area contributed by atoms with Crippen LogP contribution in [0.5, 0.6) is 5.75 Å². The molecule has 0 bridgehead atoms. The van der Waals surface area contributed by atoms with Gasteiger partial charge in [-0.2, -0.15) is 0 Å². The Morgan fingerprint density at radius 3 is 2.37 bits per heavy atom. The van der Waals surface area contributed by atoms with Crippen LogP contribution in [-0.2, 0) is 0 Å². The van der Waals surface area contributed by atoms with E-state index in [1.807, 2.05) is 55.5 Å². The minimum absolute atomic E-state index is 0.0292. The van der Waals surface area contributed by atoms with Gasteiger partial charge in [0.2, 0.25) is 5.90 Å². The third kappa shape index (κ3) is 7.61. The zero-order valence-corrected chi connectivity index (χ0v) is 15.8. The van der Waals surface area contributed by atoms with Crippen molar-refractivity contribution in [1.29, 1.82) is 5.41 Å². The zero-order chi connectivity index (χ0) is 19.5. The maximum atomic E-state index is 7.98. The highest BCUT2D eigenvalue weighted by molar-refractivity contribution is 6.00. The SMILES string of the molecule is C=C(NC(/C=C\C(=N)Oc1ccccc1)=NC(C)CC)Nc1ccccc1. The summed E-state index contributed by atoms with van der Waals surface area (Å²) in [7, 11) is 0. The van der Waals surface area contributed by atoms with Crippen molar-refractivity contribution in [3.8, 4) is 5.75 Å². The predicted octanol–water partition coefficient (Wildman–Crippen LogP) is 4.97. The minimum atomic E-state index is 0.0292. The molecule has 1 unspecified atom stereocenters. The molecule has 0 heterocycles. The highest BCUT2D eigenvalue weighted by atomic mass is 16.5. The lowest BCUT2D eigenvalue weighted by atomic mass is 10.3. The van der Waals surface area contributed by atoms with Gasteiger partial charge in [-0.15, -0.1) is 0 Å². The van der Waals surface area contributed by atoms with E-state index in [1.165, 1.54) is 0 Å². The molecule has 0 saturated heterocycles. The normalized spacial score (nSPS) is 12.4. The highest BCUT2D eigenvalue weighted by Gasteiger charge is 2.03. The van der Waals surface area contributed by atoms with Gasteiger partial charge in [0.1, 0.15) is 17.4 Å². The van der Waals surface area contributed by atoms with E-state index < -0.39 is 0 Å². The Labute approximate surface area is 161 Å². The Kier molecular flexibility index (Phi) is 7.85. The maximum absolute atomic E-state index is 7.98. The van der Waals surface area contributed by atoms with Crippen molar-refractivity contribution in [2.24, 2.45) is 4.99 Å². The molecule has 0 amide bonds. The number of hydrogen-bond acceptors (Lipinski definition) is 4. The molecule has 2 aromatic rings. The Bertz CT molecular complexity index is 798. The van der Waals surface area contributed by atoms with Crippen LogP contribution in [0.15, 0.2) is 90.2 Å². The molecular formula is C22H26N4O. The van der Waals surface area contributed by atoms with Crippen molar-refractivity contribution >= 4 is 17.4 Å². The van der Waals surface area contributed by atoms with E-state index in [0.29, 0.717) is 17.4 Å². The number of rotatable bonds is 8. The average Bonchev–Trinajstić information content (AvgIpc) is 2.67. The van der Waals surface area contributed by atoms with E-state index in [9.17, 15) is 0 Å². The van der Waals surface area contributed by atoms with Crippen molar-refractivity contribution in [3.63, 3.8) is 0 Å². The predicted molar refractivity (Wildman–Crippen MR) is 113 cm³/mol. The van der Waals surface area contributed by atoms with E-state index in [1.54, 1.807) is 24.3 Å². The number of nitrogens with one attached hydrogen (secondary N) is 3. The second-order valence-corrected chi connectivity index (χ2v) is 5.98. The van der Waals surface area contributed by atoms with Crippen molar-refractivity contribution < 1.29 is 4.74 Å². The summed E-state index contributed by atoms with van der Waals surface area (Å²) in [6.45, 7) is 8.11. The first kappa shape index (κ1) is 20.0. The van der Waals surface area contributed by atoms with Gasteiger partial charge in [0.05, 0.1) is 0 Å². The van der Waals surface area contributed by atoms with Crippen LogP contribution in [0.2, 0.25) is 0 Å². The lowest BCUT2D eigenvalue weighted by molar-refractivity contribution is 0.551. The van der Waals surface area contributed by atoms with E-state index in [4.69, 9.17) is 10.1 Å². The van der Waals surface area contributed by atoms with Crippen molar-refractivity contribution in [2.75, 3.05) is 5.32 Å². The number of nitrogens with zero attached hydrogens (tertiary/aromatic N) is 1. The van der Waals surface area contributed by atoms with Crippen LogP contribution < -0.4 is 15.4 Å². The van der Waals surface area contributed by atoms with Crippen LogP contribution >= 0.6 is 0 Å². The van der Waals surface area contributed by atoms with Gasteiger partial charge in [0, 0.05) is 17.8 Å². The molecule has 140 valence electrons. The van der Waals surface area contributed by atoms with Crippen molar-refractivity contribution in [2.45, 2.75) is 26.3 Å². The molecule has 2 aromatic carbocycles. The van der Waals surface area contributed by atoms with E-state index in [-0.39, 0.29) is 11.9 Å². The van der Waals surface area contributed by atoms with Gasteiger partial charge < -0.3 is 15.4 Å². The second-order valence-electron chi connectivity index (χ2n) is 5.98. The monoisotopic (exact) mass is 362 g/mol. The van der Waals surface area contributed by atoms with Crippen LogP contribution in [0.3, 0.4) is 0 Å². The summed E-state index contributed by atoms with van der Waals surface area (Å²) < 4.78 is 5.47. The number of amidine groups is 1. The smallest absolute Gasteiger partial charge is 0.212 e. The summed E-state index contributed by atoms with van der Waals surface area (Å²) in [5, 5.41) is 14.3. The minimum Gasteiger partial charge on any atom is -0.440 e. The number of aliphatic imine (C=N–C) groups is 1. The van der Waals surface area contributed by atoms with Crippen LogP contribution in [0.4, 0.5) is 5.69 Å². The van der Waals surface area contributed by atoms with E-state index in [2.05, 4.69) is 29.1 Å². The van der Waals surface area contributed by atoms with E-state index >= 15 is 0 Å². The summed E-state index contributed by atoms with van der Waals surface area (Å²) in [6, 6.07) is 19.2. The van der Waals surface area contributed by atoms with Gasteiger partial charge in [0.25, 0.3) is 0 Å². The molecule has 5 nitrogen and oxygen atoms in total. The molecule has 1 atom stereocenters. The third-order valence-corrected chi connectivity index (χ3v) is 3.66. The summed E-state index contributed by atoms with van der Waals surface area (Å²) >= 11 is 0. The van der Waals surface area contributed by atoms with Gasteiger partial charge in [-0.3, -0.25) is 10.4 Å². The highest BCUT2D eigenvalue weighted by Crippen LogP contribution is 2.09. The van der Waals surface area contributed by atoms with Crippen LogP contribution in [-0.4, -0.2) is 17.8 Å². The second kappa shape index (κ2) is 10.6. The van der Waals surface area contributed by atoms with Gasteiger partial charge in [0.15, 0.2) is 0 Å². The molecule has 0 aliphatic carbocycles. The first-order chi connectivity index (χ1) is 13.1. The fourth-order valence-electron chi connectivity index (χ4n) is 2.13. The largest absolute Gasteiger partial charge is 0.440 e. The van der Waals surface area contributed by atoms with Crippen molar-refractivity contribution in [1.82, 2.24) is 5.32 Å². The molecule has 0 fully saturated rings. The zero-order valence-electron chi connectivity index (χ0n) is 15.8. The molecule has 5 heteroatoms. The first-order valence-electron chi connectivity index (χ1n) is 8.92. The Morgan fingerprint density at radius 2 is 1.74 bits per heavy atom. The molecule has 0 aliphatic heterocycles. The van der Waals surface area contributed by atoms with Gasteiger partial charge in [-0.25, -0.2) is 0 Å². The lowest BCUT2D eigenvalue weighted by Crippen LogP contribution is -2.26. The number of ether oxygens (including phenoxy) is 1. The summed E-state index contributed by atoms with van der Waals surface area (Å²) in [6.07, 6.45) is 4.20. The number of hydrogen-bond donors (Lipinski definition) is 3. The standard InChI is InChI=1S/C22H26N4O/c1-4-17(2)24-22(26-18(3)25-19-11-7-5-8-12-19)16-15-21(23)27-20-13-9-6-10-14-20/h5-17,23,25H,3-4H2,1-2H3,(H,24,26)/b16-15-,23-21?. The topological polar surface area (TPSA) is 69.5 Å². The molecule has 2 rings (SSSR count). The summed E-state index contributed by atoms with van der Waals surface area (Å²) in [5.41, 5.74) is 0.932. The Morgan fingerprint density at radius 1 is 1.11 bits per heavy atom. The number of para-hydroxylation sites is 2. The Hall–Kier alpha value is -3.34. The number of benzene rings is 2. The fourth-order valence-corrected chi connectivity index (χ4v) is 2.13. The first-order valence-corrected chi connectivity index (χ1v) is 8.92. The van der Waals surface area contributed by atoms with Crippen LogP contribution in [0, 0.1) is 5.41 Å². The molecule has 0 aromatic heterocycles. The number of anilines is 1. The summed E-state index contributed by atoms with van der Waals surface area (Å²) in [5.74, 6) is 1.86. The molecule has 27 heavy (non-hydrogen) atoms. The molecule has 0 radical (unpaired) electrons. The van der Waals surface area contributed by atoms with Gasteiger partial charge in [-0.05, 0) is 43.7 Å². The third-order valence-electron chi connectivity index (χ3n) is 3.66. The molecular weight excluding hydrogens is 336 g/mol. The summed E-state index contributed by atoms with van der Waals surface area (Å²) in [4.78, 5) is 4.62. The van der Waals surface area contributed by atoms with Crippen molar-refractivity contribution in [3.05, 3.63) is 85.2 Å². The average molecular weight is 362 g/mol. The Balaban J connectivity index is 2.01. The molecule has 0 spiro atoms. The fraction of sp³-hybridized carbons (Fsp3) is 0.182. The van der Waals surface area contributed by atoms with Gasteiger partial charge in [-0.1, -0.05) is 49.9 Å². The lowest BCUT2D eigenvalue weighted by Gasteiger charge is -2.14. The maximum Gasteiger partial charge on any atom is 0.212 e. The van der Waals surface area contributed by atoms with Gasteiger partial charge >= 0.3 is 0 Å². The quantitative estimate of drug-likeness (QED) is 0.459. The van der Waals surface area contributed by atoms with E-state index in [0.717, 1.165) is 12.1 Å².